The van der Waals surface area contributed by atoms with E-state index in [1.54, 1.807) is 0 Å². The average Bonchev–Trinajstić information content (AvgIpc) is 3.71. The molecule has 12 rings (SSSR count). The van der Waals surface area contributed by atoms with Gasteiger partial charge in [0, 0.05) is 33.1 Å². The Morgan fingerprint density at radius 3 is 1.38 bits per heavy atom. The van der Waals surface area contributed by atoms with E-state index in [-0.39, 0.29) is 0 Å². The largest absolute Gasteiger partial charge is 0.309 e. The minimum atomic E-state index is 1.08. The maximum Gasteiger partial charge on any atom is 0.0546 e. The van der Waals surface area contributed by atoms with Crippen molar-refractivity contribution < 1.29 is 0 Å². The molecular weight excluding hydrogens is 773 g/mol. The van der Waals surface area contributed by atoms with E-state index < -0.39 is 0 Å². The summed E-state index contributed by atoms with van der Waals surface area (Å²) in [6.07, 6.45) is 0. The van der Waals surface area contributed by atoms with Crippen molar-refractivity contribution in [3.8, 4) is 50.2 Å². The summed E-state index contributed by atoms with van der Waals surface area (Å²) in [5.41, 5.74) is 16.4. The van der Waals surface area contributed by atoms with Crippen LogP contribution in [-0.2, 0) is 0 Å². The van der Waals surface area contributed by atoms with Gasteiger partial charge in [-0.2, -0.15) is 0 Å². The number of benzene rings is 11. The first-order chi connectivity index (χ1) is 31.8. The summed E-state index contributed by atoms with van der Waals surface area (Å²) in [5.74, 6) is 0. The molecule has 0 unspecified atom stereocenters. The molecule has 0 saturated carbocycles. The van der Waals surface area contributed by atoms with Crippen LogP contribution in [0.25, 0.3) is 93.5 Å². The van der Waals surface area contributed by atoms with Crippen molar-refractivity contribution in [3.63, 3.8) is 0 Å². The van der Waals surface area contributed by atoms with Gasteiger partial charge >= 0.3 is 0 Å². The number of nitrogens with zero attached hydrogens (tertiary/aromatic N) is 2. The molecule has 0 aliphatic carbocycles. The van der Waals surface area contributed by atoms with E-state index in [1.165, 1.54) is 76.7 Å². The summed E-state index contributed by atoms with van der Waals surface area (Å²) >= 11 is 0. The maximum atomic E-state index is 2.47. The fourth-order valence-electron chi connectivity index (χ4n) is 9.87. The average molecular weight is 815 g/mol. The zero-order chi connectivity index (χ0) is 42.4. The fourth-order valence-corrected chi connectivity index (χ4v) is 9.87. The van der Waals surface area contributed by atoms with Crippen LogP contribution in [0.2, 0.25) is 0 Å². The summed E-state index contributed by atoms with van der Waals surface area (Å²) in [5, 5.41) is 7.42. The molecule has 0 amide bonds. The molecular formula is C62H42N2. The summed E-state index contributed by atoms with van der Waals surface area (Å²) in [7, 11) is 0. The lowest BCUT2D eigenvalue weighted by Gasteiger charge is -2.30. The summed E-state index contributed by atoms with van der Waals surface area (Å²) in [6, 6.07) is 92.7. The monoisotopic (exact) mass is 814 g/mol. The van der Waals surface area contributed by atoms with Gasteiger partial charge in [0.1, 0.15) is 0 Å². The van der Waals surface area contributed by atoms with Gasteiger partial charge in [0.15, 0.2) is 0 Å². The third kappa shape index (κ3) is 6.35. The van der Waals surface area contributed by atoms with E-state index >= 15 is 0 Å². The second kappa shape index (κ2) is 15.8. The normalized spacial score (nSPS) is 11.4. The van der Waals surface area contributed by atoms with Gasteiger partial charge in [-0.3, -0.25) is 0 Å². The van der Waals surface area contributed by atoms with Crippen molar-refractivity contribution >= 4 is 60.4 Å². The van der Waals surface area contributed by atoms with Crippen LogP contribution in [0.15, 0.2) is 255 Å². The number of fused-ring (bicyclic) bond motifs is 6. The van der Waals surface area contributed by atoms with Crippen LogP contribution in [0, 0.1) is 0 Å². The van der Waals surface area contributed by atoms with E-state index in [9.17, 15) is 0 Å². The Labute approximate surface area is 373 Å². The SMILES string of the molecule is c1ccc(-c2ccccc2-c2ccccc2-c2ccccc2N(c2ccc(-c3ccc(-n4c5ccccc5c5ccccc54)cc3)cc2)c2cc3ccccc3c3ccccc23)cc1. The highest BCUT2D eigenvalue weighted by atomic mass is 15.1. The van der Waals surface area contributed by atoms with Crippen molar-refractivity contribution in [1.82, 2.24) is 4.57 Å². The van der Waals surface area contributed by atoms with Gasteiger partial charge in [-0.15, -0.1) is 0 Å². The molecule has 2 nitrogen and oxygen atoms in total. The van der Waals surface area contributed by atoms with E-state index in [1.807, 2.05) is 0 Å². The number of aromatic nitrogens is 1. The second-order valence-corrected chi connectivity index (χ2v) is 16.4. The number of rotatable bonds is 8. The molecule has 1 heterocycles. The molecule has 0 saturated heterocycles. The molecule has 2 heteroatoms. The number of hydrogen-bond donors (Lipinski definition) is 0. The fraction of sp³-hybridized carbons (Fsp3) is 0. The zero-order valence-electron chi connectivity index (χ0n) is 35.1. The summed E-state index contributed by atoms with van der Waals surface area (Å²) < 4.78 is 2.37. The predicted octanol–water partition coefficient (Wildman–Crippen LogP) is 17.2. The molecule has 0 spiro atoms. The van der Waals surface area contributed by atoms with E-state index in [2.05, 4.69) is 264 Å². The third-order valence-corrected chi connectivity index (χ3v) is 12.8. The number of anilines is 3. The third-order valence-electron chi connectivity index (χ3n) is 12.8. The highest BCUT2D eigenvalue weighted by molar-refractivity contribution is 6.15. The molecule has 0 bridgehead atoms. The smallest absolute Gasteiger partial charge is 0.0546 e. The van der Waals surface area contributed by atoms with Crippen LogP contribution in [0.1, 0.15) is 0 Å². The van der Waals surface area contributed by atoms with Gasteiger partial charge < -0.3 is 9.47 Å². The molecule has 300 valence electrons. The summed E-state index contributed by atoms with van der Waals surface area (Å²) in [6.45, 7) is 0. The van der Waals surface area contributed by atoms with E-state index in [4.69, 9.17) is 0 Å². The van der Waals surface area contributed by atoms with Gasteiger partial charge in [-0.05, 0) is 104 Å². The number of para-hydroxylation sites is 3. The van der Waals surface area contributed by atoms with Crippen LogP contribution in [-0.4, -0.2) is 4.57 Å². The van der Waals surface area contributed by atoms with Crippen molar-refractivity contribution in [3.05, 3.63) is 255 Å². The Balaban J connectivity index is 1.01. The van der Waals surface area contributed by atoms with Crippen LogP contribution in [0.4, 0.5) is 17.1 Å². The maximum absolute atomic E-state index is 2.47. The first-order valence-electron chi connectivity index (χ1n) is 22.0. The second-order valence-electron chi connectivity index (χ2n) is 16.4. The molecule has 64 heavy (non-hydrogen) atoms. The Morgan fingerprint density at radius 2 is 0.719 bits per heavy atom. The predicted molar refractivity (Wildman–Crippen MR) is 272 cm³/mol. The quantitative estimate of drug-likeness (QED) is 0.139. The molecule has 0 N–H and O–H groups in total. The van der Waals surface area contributed by atoms with Gasteiger partial charge in [-0.1, -0.05) is 206 Å². The van der Waals surface area contributed by atoms with Gasteiger partial charge in [-0.25, -0.2) is 0 Å². The van der Waals surface area contributed by atoms with Gasteiger partial charge in [0.25, 0.3) is 0 Å². The molecule has 0 aliphatic heterocycles. The Morgan fingerprint density at radius 1 is 0.266 bits per heavy atom. The minimum absolute atomic E-state index is 1.08. The topological polar surface area (TPSA) is 8.17 Å². The van der Waals surface area contributed by atoms with Crippen molar-refractivity contribution in [2.75, 3.05) is 4.90 Å². The van der Waals surface area contributed by atoms with Crippen LogP contribution < -0.4 is 4.90 Å². The lowest BCUT2D eigenvalue weighted by atomic mass is 9.88. The molecule has 11 aromatic carbocycles. The zero-order valence-corrected chi connectivity index (χ0v) is 35.1. The first-order valence-corrected chi connectivity index (χ1v) is 22.0. The van der Waals surface area contributed by atoms with Crippen molar-refractivity contribution in [1.29, 1.82) is 0 Å². The van der Waals surface area contributed by atoms with Crippen LogP contribution >= 0.6 is 0 Å². The van der Waals surface area contributed by atoms with E-state index in [0.29, 0.717) is 0 Å². The standard InChI is InChI=1S/C62H42N2/c1-2-18-45(19-3-1)49-21-6-7-23-51(49)53-25-8-9-26-54(53)55-27-12-15-31-59(55)64(62-42-46-20-4-5-22-50(46)52-24-10-11-28-56(52)62)48-40-36-44(37-41-48)43-34-38-47(39-35-43)63-60-32-16-13-29-57(60)58-30-14-17-33-61(58)63/h1-42H. The molecule has 12 aromatic rings. The number of hydrogen-bond acceptors (Lipinski definition) is 1. The Hall–Kier alpha value is -8.46. The highest BCUT2D eigenvalue weighted by Crippen LogP contribution is 2.48. The molecule has 0 radical (unpaired) electrons. The highest BCUT2D eigenvalue weighted by Gasteiger charge is 2.23. The molecule has 0 atom stereocenters. The molecule has 1 aromatic heterocycles. The molecule has 0 fully saturated rings. The minimum Gasteiger partial charge on any atom is -0.309 e. The van der Waals surface area contributed by atoms with E-state index in [0.717, 1.165) is 33.9 Å². The lowest BCUT2D eigenvalue weighted by molar-refractivity contribution is 1.18. The van der Waals surface area contributed by atoms with Crippen LogP contribution in [0.3, 0.4) is 0 Å². The Kier molecular flexibility index (Phi) is 9.20. The van der Waals surface area contributed by atoms with Crippen molar-refractivity contribution in [2.45, 2.75) is 0 Å². The first kappa shape index (κ1) is 37.3. The Bertz CT molecular complexity index is 3600. The van der Waals surface area contributed by atoms with Gasteiger partial charge in [0.2, 0.25) is 0 Å². The molecule has 0 aliphatic rings. The van der Waals surface area contributed by atoms with Crippen LogP contribution in [0.5, 0.6) is 0 Å². The van der Waals surface area contributed by atoms with Gasteiger partial charge in [0.05, 0.1) is 22.4 Å². The lowest BCUT2D eigenvalue weighted by Crippen LogP contribution is -2.12. The van der Waals surface area contributed by atoms with Crippen molar-refractivity contribution in [2.24, 2.45) is 0 Å². The summed E-state index contributed by atoms with van der Waals surface area (Å²) in [4.78, 5) is 2.47.